The number of carbonyl (C=O) groups is 1. The first-order chi connectivity index (χ1) is 15.8. The number of nitrogens with one attached hydrogen (secondary N) is 1. The van der Waals surface area contributed by atoms with E-state index in [1.54, 1.807) is 12.5 Å². The van der Waals surface area contributed by atoms with Gasteiger partial charge in [0.15, 0.2) is 0 Å². The molecule has 0 aliphatic carbocycles. The number of aromatic nitrogens is 3. The van der Waals surface area contributed by atoms with Crippen LogP contribution in [0.25, 0.3) is 0 Å². The molecule has 6 nitrogen and oxygen atoms in total. The number of rotatable bonds is 6. The first kappa shape index (κ1) is 23.1. The summed E-state index contributed by atoms with van der Waals surface area (Å²) in [6.07, 6.45) is 2.87. The van der Waals surface area contributed by atoms with Crippen LogP contribution in [0.3, 0.4) is 0 Å². The van der Waals surface area contributed by atoms with E-state index in [0.29, 0.717) is 38.3 Å². The molecule has 0 unspecified atom stereocenters. The summed E-state index contributed by atoms with van der Waals surface area (Å²) >= 11 is 6.05. The lowest BCUT2D eigenvalue weighted by Crippen LogP contribution is -2.40. The summed E-state index contributed by atoms with van der Waals surface area (Å²) in [6, 6.07) is 8.94. The predicted octanol–water partition coefficient (Wildman–Crippen LogP) is 4.53. The molecular weight excluding hydrogens is 455 g/mol. The smallest absolute Gasteiger partial charge is 0.355 e. The van der Waals surface area contributed by atoms with Crippen molar-refractivity contribution in [2.45, 2.75) is 32.1 Å². The van der Waals surface area contributed by atoms with Gasteiger partial charge in [-0.05, 0) is 30.0 Å². The summed E-state index contributed by atoms with van der Waals surface area (Å²) in [5.41, 5.74) is 1.28. The highest BCUT2D eigenvalue weighted by Crippen LogP contribution is 2.34. The number of alkyl halides is 3. The Balaban J connectivity index is 1.26. The van der Waals surface area contributed by atoms with Crippen LogP contribution in [-0.4, -0.2) is 33.5 Å². The van der Waals surface area contributed by atoms with Crippen LogP contribution in [0.2, 0.25) is 5.02 Å². The Morgan fingerprint density at radius 2 is 1.85 bits per heavy atom. The van der Waals surface area contributed by atoms with Crippen molar-refractivity contribution >= 4 is 23.3 Å². The SMILES string of the molecule is O=C(NCc1ccc(Cn2ccnc2)cc1)C1CCN(c2ncc(C(F)(F)F)cc2Cl)CC1. The quantitative estimate of drug-likeness (QED) is 0.566. The van der Waals surface area contributed by atoms with E-state index in [4.69, 9.17) is 11.6 Å². The van der Waals surface area contributed by atoms with Crippen LogP contribution in [0.1, 0.15) is 29.5 Å². The van der Waals surface area contributed by atoms with Gasteiger partial charge in [-0.25, -0.2) is 9.97 Å². The van der Waals surface area contributed by atoms with E-state index < -0.39 is 11.7 Å². The summed E-state index contributed by atoms with van der Waals surface area (Å²) in [5, 5.41) is 2.95. The molecule has 1 N–H and O–H groups in total. The fraction of sp³-hybridized carbons (Fsp3) is 0.348. The second kappa shape index (κ2) is 9.82. The van der Waals surface area contributed by atoms with Gasteiger partial charge in [-0.1, -0.05) is 35.9 Å². The molecule has 10 heteroatoms. The third kappa shape index (κ3) is 5.84. The van der Waals surface area contributed by atoms with Crippen molar-refractivity contribution in [2.24, 2.45) is 5.92 Å². The van der Waals surface area contributed by atoms with Gasteiger partial charge in [0, 0.05) is 50.7 Å². The Kier molecular flexibility index (Phi) is 6.88. The number of halogens is 4. The molecule has 3 heterocycles. The molecule has 0 radical (unpaired) electrons. The zero-order valence-corrected chi connectivity index (χ0v) is 18.5. The van der Waals surface area contributed by atoms with Crippen LogP contribution in [-0.2, 0) is 24.1 Å². The molecule has 0 atom stereocenters. The van der Waals surface area contributed by atoms with E-state index >= 15 is 0 Å². The molecule has 33 heavy (non-hydrogen) atoms. The van der Waals surface area contributed by atoms with Crippen LogP contribution < -0.4 is 10.2 Å². The molecule has 1 saturated heterocycles. The summed E-state index contributed by atoms with van der Waals surface area (Å²) in [7, 11) is 0. The molecule has 1 amide bonds. The van der Waals surface area contributed by atoms with Crippen molar-refractivity contribution in [1.29, 1.82) is 0 Å². The van der Waals surface area contributed by atoms with E-state index in [2.05, 4.69) is 15.3 Å². The van der Waals surface area contributed by atoms with Crippen LogP contribution in [0.5, 0.6) is 0 Å². The van der Waals surface area contributed by atoms with Crippen molar-refractivity contribution in [3.05, 3.63) is 77.0 Å². The number of carbonyl (C=O) groups excluding carboxylic acids is 1. The molecule has 0 saturated carbocycles. The fourth-order valence-electron chi connectivity index (χ4n) is 3.86. The molecule has 174 valence electrons. The van der Waals surface area contributed by atoms with E-state index in [0.717, 1.165) is 29.9 Å². The Hall–Kier alpha value is -3.07. The van der Waals surface area contributed by atoms with Gasteiger partial charge in [0.1, 0.15) is 5.82 Å². The summed E-state index contributed by atoms with van der Waals surface area (Å²) in [6.45, 7) is 2.18. The highest BCUT2D eigenvalue weighted by atomic mass is 35.5. The maximum atomic E-state index is 12.8. The lowest BCUT2D eigenvalue weighted by molar-refractivity contribution is -0.137. The molecule has 1 aromatic carbocycles. The maximum absolute atomic E-state index is 12.8. The van der Waals surface area contributed by atoms with Gasteiger partial charge in [-0.15, -0.1) is 0 Å². The number of hydrogen-bond acceptors (Lipinski definition) is 4. The van der Waals surface area contributed by atoms with Crippen LogP contribution in [0.4, 0.5) is 19.0 Å². The predicted molar refractivity (Wildman–Crippen MR) is 119 cm³/mol. The molecule has 1 aliphatic heterocycles. The summed E-state index contributed by atoms with van der Waals surface area (Å²) < 4.78 is 40.4. The average molecular weight is 478 g/mol. The standard InChI is InChI=1S/C23H23ClF3N5O/c24-20-11-19(23(25,26)27)13-29-21(20)32-8-5-18(6-9-32)22(33)30-12-16-1-3-17(4-2-16)14-31-10-7-28-15-31/h1-4,7,10-11,13,15,18H,5-6,8-9,12,14H2,(H,30,33). The third-order valence-electron chi connectivity index (χ3n) is 5.73. The number of nitrogens with zero attached hydrogens (tertiary/aromatic N) is 4. The first-order valence-electron chi connectivity index (χ1n) is 10.6. The van der Waals surface area contributed by atoms with Crippen molar-refractivity contribution in [3.8, 4) is 0 Å². The lowest BCUT2D eigenvalue weighted by Gasteiger charge is -2.32. The van der Waals surface area contributed by atoms with Crippen LogP contribution >= 0.6 is 11.6 Å². The van der Waals surface area contributed by atoms with Crippen molar-refractivity contribution in [3.63, 3.8) is 0 Å². The van der Waals surface area contributed by atoms with Crippen molar-refractivity contribution in [2.75, 3.05) is 18.0 Å². The van der Waals surface area contributed by atoms with E-state index in [9.17, 15) is 18.0 Å². The van der Waals surface area contributed by atoms with E-state index in [1.165, 1.54) is 0 Å². The van der Waals surface area contributed by atoms with E-state index in [-0.39, 0.29) is 16.8 Å². The van der Waals surface area contributed by atoms with Gasteiger partial charge in [0.2, 0.25) is 5.91 Å². The van der Waals surface area contributed by atoms with Gasteiger partial charge >= 0.3 is 6.18 Å². The van der Waals surface area contributed by atoms with Gasteiger partial charge in [0.05, 0.1) is 16.9 Å². The van der Waals surface area contributed by atoms with Crippen molar-refractivity contribution in [1.82, 2.24) is 19.9 Å². The van der Waals surface area contributed by atoms with Crippen LogP contribution in [0.15, 0.2) is 55.2 Å². The number of benzene rings is 1. The Labute approximate surface area is 194 Å². The second-order valence-electron chi connectivity index (χ2n) is 8.06. The molecule has 1 aliphatic rings. The van der Waals surface area contributed by atoms with E-state index in [1.807, 2.05) is 39.9 Å². The van der Waals surface area contributed by atoms with Gasteiger partial charge < -0.3 is 14.8 Å². The topological polar surface area (TPSA) is 63.1 Å². The minimum atomic E-state index is -4.49. The fourth-order valence-corrected chi connectivity index (χ4v) is 4.14. The van der Waals surface area contributed by atoms with Crippen molar-refractivity contribution < 1.29 is 18.0 Å². The van der Waals surface area contributed by atoms with Crippen LogP contribution in [0, 0.1) is 5.92 Å². The first-order valence-corrected chi connectivity index (χ1v) is 11.0. The zero-order chi connectivity index (χ0) is 23.4. The minimum Gasteiger partial charge on any atom is -0.355 e. The monoisotopic (exact) mass is 477 g/mol. The molecular formula is C23H23ClF3N5O. The zero-order valence-electron chi connectivity index (χ0n) is 17.7. The average Bonchev–Trinajstić information content (AvgIpc) is 3.31. The number of pyridine rings is 1. The minimum absolute atomic E-state index is 0.0244. The number of amides is 1. The molecule has 0 spiro atoms. The number of piperidine rings is 1. The second-order valence-corrected chi connectivity index (χ2v) is 8.47. The molecule has 2 aromatic heterocycles. The normalized spacial score (nSPS) is 15.0. The Morgan fingerprint density at radius 1 is 1.15 bits per heavy atom. The third-order valence-corrected chi connectivity index (χ3v) is 6.01. The highest BCUT2D eigenvalue weighted by molar-refractivity contribution is 6.33. The Morgan fingerprint density at radius 3 is 2.45 bits per heavy atom. The molecule has 4 rings (SSSR count). The van der Waals surface area contributed by atoms with Gasteiger partial charge in [0.25, 0.3) is 0 Å². The number of anilines is 1. The summed E-state index contributed by atoms with van der Waals surface area (Å²) in [4.78, 5) is 22.4. The van der Waals surface area contributed by atoms with Gasteiger partial charge in [-0.3, -0.25) is 4.79 Å². The molecule has 3 aromatic rings. The number of hydrogen-bond donors (Lipinski definition) is 1. The van der Waals surface area contributed by atoms with Gasteiger partial charge in [-0.2, -0.15) is 13.2 Å². The lowest BCUT2D eigenvalue weighted by atomic mass is 9.95. The maximum Gasteiger partial charge on any atom is 0.417 e. The highest BCUT2D eigenvalue weighted by Gasteiger charge is 2.33. The molecule has 1 fully saturated rings. The largest absolute Gasteiger partial charge is 0.417 e. The Bertz CT molecular complexity index is 1080. The summed E-state index contributed by atoms with van der Waals surface area (Å²) in [5.74, 6) is 0.137. The number of imidazole rings is 1. The molecule has 0 bridgehead atoms.